The Labute approximate surface area is 222 Å². The molecule has 1 atom stereocenters. The van der Waals surface area contributed by atoms with Crippen LogP contribution in [-0.4, -0.2) is 37.6 Å². The minimum Gasteiger partial charge on any atom is -0.339 e. The third-order valence-electron chi connectivity index (χ3n) is 7.29. The van der Waals surface area contributed by atoms with Crippen molar-refractivity contribution in [3.05, 3.63) is 58.8 Å². The van der Waals surface area contributed by atoms with Crippen LogP contribution in [0.2, 0.25) is 5.15 Å². The van der Waals surface area contributed by atoms with Gasteiger partial charge >= 0.3 is 0 Å². The zero-order valence-corrected chi connectivity index (χ0v) is 22.4. The van der Waals surface area contributed by atoms with Crippen LogP contribution in [0, 0.1) is 31.6 Å². The van der Waals surface area contributed by atoms with E-state index in [9.17, 15) is 9.59 Å². The number of halogens is 1. The molecule has 2 fully saturated rings. The van der Waals surface area contributed by atoms with Crippen LogP contribution in [0.15, 0.2) is 36.7 Å². The highest BCUT2D eigenvalue weighted by Gasteiger charge is 2.48. The van der Waals surface area contributed by atoms with Gasteiger partial charge in [-0.1, -0.05) is 11.6 Å². The van der Waals surface area contributed by atoms with E-state index < -0.39 is 6.04 Å². The number of carbonyl (C=O) groups excluding carboxylic acids is 2. The fourth-order valence-electron chi connectivity index (χ4n) is 5.17. The molecule has 2 saturated carbocycles. The summed E-state index contributed by atoms with van der Waals surface area (Å²) in [4.78, 5) is 35.9. The van der Waals surface area contributed by atoms with E-state index in [1.165, 1.54) is 0 Å². The molecule has 2 amide bonds. The smallest absolute Gasteiger partial charge is 0.270 e. The molecule has 9 heteroatoms. The Morgan fingerprint density at radius 2 is 1.76 bits per heavy atom. The van der Waals surface area contributed by atoms with Gasteiger partial charge in [0, 0.05) is 35.3 Å². The van der Waals surface area contributed by atoms with Crippen molar-refractivity contribution in [2.24, 2.45) is 17.8 Å². The number of hydrogen-bond acceptors (Lipinski definition) is 5. The average Bonchev–Trinajstić information content (AvgIpc) is 3.80. The highest BCUT2D eigenvalue weighted by atomic mass is 35.5. The number of nitrogens with one attached hydrogen (secondary N) is 2. The molecule has 37 heavy (non-hydrogen) atoms. The summed E-state index contributed by atoms with van der Waals surface area (Å²) >= 11 is 6.56. The number of nitrogens with zero attached hydrogens (tertiary/aromatic N) is 4. The maximum absolute atomic E-state index is 13.7. The quantitative estimate of drug-likeness (QED) is 0.369. The molecule has 3 aromatic rings. The molecule has 1 unspecified atom stereocenters. The van der Waals surface area contributed by atoms with Crippen LogP contribution in [-0.2, 0) is 4.79 Å². The van der Waals surface area contributed by atoms with Gasteiger partial charge in [0.2, 0.25) is 5.91 Å². The summed E-state index contributed by atoms with van der Waals surface area (Å²) in [5.41, 5.74) is 3.99. The van der Waals surface area contributed by atoms with E-state index in [0.29, 0.717) is 23.3 Å². The summed E-state index contributed by atoms with van der Waals surface area (Å²) in [6.07, 6.45) is 7.79. The van der Waals surface area contributed by atoms with Crippen molar-refractivity contribution >= 4 is 29.2 Å². The Bertz CT molecular complexity index is 1320. The number of aromatic nitrogens is 4. The number of rotatable bonds is 9. The van der Waals surface area contributed by atoms with Gasteiger partial charge in [-0.25, -0.2) is 4.98 Å². The third kappa shape index (κ3) is 5.54. The molecule has 0 aromatic carbocycles. The number of amides is 2. The zero-order valence-electron chi connectivity index (χ0n) is 21.7. The fraction of sp³-hybridized carbons (Fsp3) is 0.464. The highest BCUT2D eigenvalue weighted by Crippen LogP contribution is 2.51. The fourth-order valence-corrected chi connectivity index (χ4v) is 5.42. The molecule has 3 aromatic heterocycles. The second kappa shape index (κ2) is 10.2. The number of pyridine rings is 2. The first-order valence-electron chi connectivity index (χ1n) is 13.0. The van der Waals surface area contributed by atoms with Crippen LogP contribution in [0.5, 0.6) is 0 Å². The summed E-state index contributed by atoms with van der Waals surface area (Å²) < 4.78 is 1.68. The molecule has 0 saturated heterocycles. The molecule has 0 spiro atoms. The first-order chi connectivity index (χ1) is 17.7. The van der Waals surface area contributed by atoms with Crippen molar-refractivity contribution in [2.75, 3.05) is 5.32 Å². The lowest BCUT2D eigenvalue weighted by Crippen LogP contribution is -2.50. The Morgan fingerprint density at radius 1 is 1.05 bits per heavy atom. The number of anilines is 1. The highest BCUT2D eigenvalue weighted by molar-refractivity contribution is 6.32. The van der Waals surface area contributed by atoms with Crippen LogP contribution < -0.4 is 10.6 Å². The largest absolute Gasteiger partial charge is 0.339 e. The van der Waals surface area contributed by atoms with Gasteiger partial charge in [-0.05, 0) is 101 Å². The van der Waals surface area contributed by atoms with Gasteiger partial charge in [0.1, 0.15) is 22.7 Å². The maximum Gasteiger partial charge on any atom is 0.270 e. The molecule has 2 N–H and O–H groups in total. The molecule has 2 aliphatic rings. The van der Waals surface area contributed by atoms with Crippen molar-refractivity contribution in [3.8, 4) is 11.1 Å². The summed E-state index contributed by atoms with van der Waals surface area (Å²) in [5.74, 6) is 0.811. The van der Waals surface area contributed by atoms with Gasteiger partial charge in [0.25, 0.3) is 5.91 Å². The average molecular weight is 521 g/mol. The van der Waals surface area contributed by atoms with Crippen molar-refractivity contribution in [1.82, 2.24) is 25.1 Å². The van der Waals surface area contributed by atoms with Crippen molar-refractivity contribution < 1.29 is 9.59 Å². The van der Waals surface area contributed by atoms with E-state index in [0.717, 1.165) is 48.1 Å². The minimum atomic E-state index is -0.661. The summed E-state index contributed by atoms with van der Waals surface area (Å²) in [6, 6.07) is 6.68. The first-order valence-corrected chi connectivity index (χ1v) is 13.4. The lowest BCUT2D eigenvalue weighted by molar-refractivity contribution is -0.119. The molecular formula is C28H33ClN6O2. The Kier molecular flexibility index (Phi) is 7.03. The second-order valence-corrected chi connectivity index (χ2v) is 11.0. The number of carbonyl (C=O) groups is 2. The van der Waals surface area contributed by atoms with Crippen molar-refractivity contribution in [1.29, 1.82) is 0 Å². The molecule has 3 heterocycles. The first kappa shape index (κ1) is 25.4. The van der Waals surface area contributed by atoms with E-state index in [4.69, 9.17) is 11.6 Å². The predicted octanol–water partition coefficient (Wildman–Crippen LogP) is 5.36. The van der Waals surface area contributed by atoms with Crippen LogP contribution >= 0.6 is 11.6 Å². The summed E-state index contributed by atoms with van der Waals surface area (Å²) in [7, 11) is 0. The lowest BCUT2D eigenvalue weighted by Gasteiger charge is -2.27. The van der Waals surface area contributed by atoms with Gasteiger partial charge in [0.05, 0.1) is 0 Å². The lowest BCUT2D eigenvalue weighted by atomic mass is 9.88. The van der Waals surface area contributed by atoms with Gasteiger partial charge in [0.15, 0.2) is 0 Å². The second-order valence-electron chi connectivity index (χ2n) is 10.6. The van der Waals surface area contributed by atoms with E-state index in [1.54, 1.807) is 23.0 Å². The molecule has 0 aliphatic heterocycles. The predicted molar refractivity (Wildman–Crippen MR) is 143 cm³/mol. The topological polar surface area (TPSA) is 102 Å². The standard InChI is InChI=1S/C28H33ClN6O2/c1-15(2)35-22(11-12-31-35)27(36)34-25(24(18-5-6-18)19-7-8-19)28(37)33-23-10-9-20(26(29)32-23)21-13-16(3)14-30-17(21)4/h9-15,18-19,24-25H,5-8H2,1-4H3,(H,34,36)(H,32,33,37). The van der Waals surface area contributed by atoms with Gasteiger partial charge in [-0.3, -0.25) is 19.3 Å². The number of aryl methyl sites for hydroxylation is 2. The van der Waals surface area contributed by atoms with E-state index >= 15 is 0 Å². The third-order valence-corrected chi connectivity index (χ3v) is 7.58. The van der Waals surface area contributed by atoms with Crippen LogP contribution in [0.3, 0.4) is 0 Å². The van der Waals surface area contributed by atoms with Gasteiger partial charge < -0.3 is 10.6 Å². The molecule has 2 aliphatic carbocycles. The minimum absolute atomic E-state index is 0.0304. The molecule has 194 valence electrons. The molecule has 5 rings (SSSR count). The molecule has 0 radical (unpaired) electrons. The molecule has 8 nitrogen and oxygen atoms in total. The Hall–Kier alpha value is -3.26. The van der Waals surface area contributed by atoms with E-state index in [2.05, 4.69) is 25.7 Å². The van der Waals surface area contributed by atoms with E-state index in [1.807, 2.05) is 46.0 Å². The SMILES string of the molecule is Cc1cnc(C)c(-c2ccc(NC(=O)C(NC(=O)c3ccnn3C(C)C)C(C3CC3)C3CC3)nc2Cl)c1. The van der Waals surface area contributed by atoms with Crippen molar-refractivity contribution in [3.63, 3.8) is 0 Å². The van der Waals surface area contributed by atoms with Crippen molar-refractivity contribution in [2.45, 2.75) is 65.5 Å². The van der Waals surface area contributed by atoms with Crippen LogP contribution in [0.1, 0.15) is 67.3 Å². The molecule has 0 bridgehead atoms. The van der Waals surface area contributed by atoms with Crippen LogP contribution in [0.4, 0.5) is 5.82 Å². The van der Waals surface area contributed by atoms with E-state index in [-0.39, 0.29) is 28.9 Å². The Morgan fingerprint density at radius 3 is 2.38 bits per heavy atom. The Balaban J connectivity index is 1.39. The summed E-state index contributed by atoms with van der Waals surface area (Å²) in [6.45, 7) is 7.84. The normalized spacial score (nSPS) is 16.2. The van der Waals surface area contributed by atoms with Gasteiger partial charge in [-0.15, -0.1) is 0 Å². The molecular weight excluding hydrogens is 488 g/mol. The van der Waals surface area contributed by atoms with Gasteiger partial charge in [-0.2, -0.15) is 5.10 Å². The zero-order chi connectivity index (χ0) is 26.3. The monoisotopic (exact) mass is 520 g/mol. The summed E-state index contributed by atoms with van der Waals surface area (Å²) in [5, 5.41) is 10.6. The van der Waals surface area contributed by atoms with Crippen LogP contribution in [0.25, 0.3) is 11.1 Å². The maximum atomic E-state index is 13.7. The number of hydrogen-bond donors (Lipinski definition) is 2.